The first kappa shape index (κ1) is 15.7. The Balaban J connectivity index is 2.46. The van der Waals surface area contributed by atoms with Gasteiger partial charge in [-0.2, -0.15) is 0 Å². The summed E-state index contributed by atoms with van der Waals surface area (Å²) < 4.78 is 6.14. The summed E-state index contributed by atoms with van der Waals surface area (Å²) in [4.78, 5) is 9.34. The van der Waals surface area contributed by atoms with E-state index in [1.54, 1.807) is 0 Å². The first-order chi connectivity index (χ1) is 9.52. The number of nitrogens with zero attached hydrogens (tertiary/aromatic N) is 2. The Hall–Kier alpha value is -0.670. The van der Waals surface area contributed by atoms with E-state index in [1.807, 2.05) is 13.8 Å². The van der Waals surface area contributed by atoms with Crippen LogP contribution in [0.2, 0.25) is 5.15 Å². The maximum Gasteiger partial charge on any atom is 0.162 e. The fourth-order valence-electron chi connectivity index (χ4n) is 3.26. The van der Waals surface area contributed by atoms with Crippen LogP contribution in [0, 0.1) is 12.8 Å². The van der Waals surface area contributed by atoms with Crippen LogP contribution in [-0.4, -0.2) is 16.6 Å². The fraction of sp³-hybridized carbons (Fsp3) is 0.750. The van der Waals surface area contributed by atoms with Crippen molar-refractivity contribution < 1.29 is 4.74 Å². The molecule has 112 valence electrons. The van der Waals surface area contributed by atoms with Crippen LogP contribution in [-0.2, 0) is 16.8 Å². The third-order valence-electron chi connectivity index (χ3n) is 4.31. The molecule has 2 rings (SSSR count). The molecule has 1 saturated carbocycles. The predicted octanol–water partition coefficient (Wildman–Crippen LogP) is 4.44. The number of aromatic nitrogens is 2. The largest absolute Gasteiger partial charge is 0.367 e. The van der Waals surface area contributed by atoms with Crippen molar-refractivity contribution in [3.8, 4) is 0 Å². The van der Waals surface area contributed by atoms with Crippen molar-refractivity contribution in [1.82, 2.24) is 9.97 Å². The molecule has 0 saturated heterocycles. The maximum atomic E-state index is 6.31. The number of hydrogen-bond donors (Lipinski definition) is 0. The molecule has 3 nitrogen and oxygen atoms in total. The zero-order valence-electron chi connectivity index (χ0n) is 13.0. The van der Waals surface area contributed by atoms with Gasteiger partial charge in [-0.05, 0) is 45.4 Å². The molecule has 0 amide bonds. The van der Waals surface area contributed by atoms with E-state index in [4.69, 9.17) is 21.3 Å². The molecular weight excluding hydrogens is 272 g/mol. The number of hydrogen-bond acceptors (Lipinski definition) is 3. The third-order valence-corrected chi connectivity index (χ3v) is 4.67. The predicted molar refractivity (Wildman–Crippen MR) is 82.1 cm³/mol. The van der Waals surface area contributed by atoms with Gasteiger partial charge in [0.25, 0.3) is 0 Å². The van der Waals surface area contributed by atoms with Crippen LogP contribution in [0.15, 0.2) is 0 Å². The zero-order chi connectivity index (χ0) is 14.8. The zero-order valence-corrected chi connectivity index (χ0v) is 13.8. The molecule has 20 heavy (non-hydrogen) atoms. The van der Waals surface area contributed by atoms with Crippen molar-refractivity contribution in [2.24, 2.45) is 5.92 Å². The quantitative estimate of drug-likeness (QED) is 0.770. The molecule has 0 aliphatic heterocycles. The van der Waals surface area contributed by atoms with Crippen molar-refractivity contribution in [1.29, 1.82) is 0 Å². The third kappa shape index (κ3) is 2.99. The SMILES string of the molecule is CCOC1(c2nc(Cl)c(C)c(CC)n2)CCCC(C)C1. The molecule has 1 aromatic heterocycles. The molecule has 4 heteroatoms. The monoisotopic (exact) mass is 296 g/mol. The Labute approximate surface area is 127 Å². The van der Waals surface area contributed by atoms with Crippen LogP contribution in [0.25, 0.3) is 0 Å². The van der Waals surface area contributed by atoms with E-state index in [2.05, 4.69) is 18.8 Å². The topological polar surface area (TPSA) is 35.0 Å². The molecule has 2 unspecified atom stereocenters. The smallest absolute Gasteiger partial charge is 0.162 e. The number of rotatable bonds is 4. The van der Waals surface area contributed by atoms with Crippen molar-refractivity contribution in [2.75, 3.05) is 6.61 Å². The molecular formula is C16H25ClN2O. The van der Waals surface area contributed by atoms with Gasteiger partial charge in [0.15, 0.2) is 5.82 Å². The molecule has 0 radical (unpaired) electrons. The summed E-state index contributed by atoms with van der Waals surface area (Å²) in [6.07, 6.45) is 5.28. The van der Waals surface area contributed by atoms with E-state index in [-0.39, 0.29) is 5.60 Å². The standard InChI is InChI=1S/C16H25ClN2O/c1-5-13-12(4)14(17)19-15(18-13)16(20-6-2)9-7-8-11(3)10-16/h11H,5-10H2,1-4H3. The van der Waals surface area contributed by atoms with Crippen molar-refractivity contribution >= 4 is 11.6 Å². The second kappa shape index (κ2) is 6.40. The van der Waals surface area contributed by atoms with Crippen LogP contribution in [0.3, 0.4) is 0 Å². The minimum atomic E-state index is -0.340. The lowest BCUT2D eigenvalue weighted by molar-refractivity contribution is -0.0882. The van der Waals surface area contributed by atoms with E-state index in [9.17, 15) is 0 Å². The molecule has 0 spiro atoms. The molecule has 1 aliphatic carbocycles. The van der Waals surface area contributed by atoms with Gasteiger partial charge in [-0.1, -0.05) is 31.9 Å². The second-order valence-electron chi connectivity index (χ2n) is 5.89. The highest BCUT2D eigenvalue weighted by atomic mass is 35.5. The average Bonchev–Trinajstić information content (AvgIpc) is 2.42. The van der Waals surface area contributed by atoms with Gasteiger partial charge in [0, 0.05) is 17.9 Å². The molecule has 0 aromatic carbocycles. The highest BCUT2D eigenvalue weighted by molar-refractivity contribution is 6.30. The summed E-state index contributed by atoms with van der Waals surface area (Å²) in [5, 5.41) is 0.573. The van der Waals surface area contributed by atoms with Crippen molar-refractivity contribution in [3.63, 3.8) is 0 Å². The Morgan fingerprint density at radius 2 is 2.10 bits per heavy atom. The normalized spacial score (nSPS) is 26.8. The minimum absolute atomic E-state index is 0.340. The van der Waals surface area contributed by atoms with Crippen molar-refractivity contribution in [2.45, 2.75) is 65.4 Å². The fourth-order valence-corrected chi connectivity index (χ4v) is 3.45. The summed E-state index contributed by atoms with van der Waals surface area (Å²) in [5.41, 5.74) is 1.69. The summed E-state index contributed by atoms with van der Waals surface area (Å²) in [6, 6.07) is 0. The first-order valence-electron chi connectivity index (χ1n) is 7.69. The van der Waals surface area contributed by atoms with Crippen LogP contribution < -0.4 is 0 Å². The van der Waals surface area contributed by atoms with Crippen LogP contribution in [0.5, 0.6) is 0 Å². The molecule has 1 aromatic rings. The van der Waals surface area contributed by atoms with Gasteiger partial charge in [0.05, 0.1) is 0 Å². The maximum absolute atomic E-state index is 6.31. The minimum Gasteiger partial charge on any atom is -0.367 e. The second-order valence-corrected chi connectivity index (χ2v) is 6.25. The average molecular weight is 297 g/mol. The van der Waals surface area contributed by atoms with E-state index in [0.29, 0.717) is 17.7 Å². The van der Waals surface area contributed by atoms with E-state index in [1.165, 1.54) is 6.42 Å². The Morgan fingerprint density at radius 1 is 1.35 bits per heavy atom. The van der Waals surface area contributed by atoms with Gasteiger partial charge in [-0.25, -0.2) is 9.97 Å². The van der Waals surface area contributed by atoms with E-state index >= 15 is 0 Å². The van der Waals surface area contributed by atoms with Gasteiger partial charge < -0.3 is 4.74 Å². The molecule has 2 atom stereocenters. The summed E-state index contributed by atoms with van der Waals surface area (Å²) >= 11 is 6.31. The van der Waals surface area contributed by atoms with Gasteiger partial charge in [-0.15, -0.1) is 0 Å². The van der Waals surface area contributed by atoms with Crippen LogP contribution >= 0.6 is 11.6 Å². The number of halogens is 1. The van der Waals surface area contributed by atoms with Gasteiger partial charge >= 0.3 is 0 Å². The van der Waals surface area contributed by atoms with E-state index in [0.717, 1.165) is 42.8 Å². The lowest BCUT2D eigenvalue weighted by atomic mass is 9.78. The Kier molecular flexibility index (Phi) is 5.03. The molecule has 1 aliphatic rings. The highest BCUT2D eigenvalue weighted by Gasteiger charge is 2.40. The Morgan fingerprint density at radius 3 is 2.70 bits per heavy atom. The summed E-state index contributed by atoms with van der Waals surface area (Å²) in [5.74, 6) is 1.43. The molecule has 0 N–H and O–H groups in total. The number of ether oxygens (including phenoxy) is 1. The first-order valence-corrected chi connectivity index (χ1v) is 8.07. The molecule has 0 bridgehead atoms. The van der Waals surface area contributed by atoms with E-state index < -0.39 is 0 Å². The lowest BCUT2D eigenvalue weighted by Gasteiger charge is -2.38. The van der Waals surface area contributed by atoms with Crippen LogP contribution in [0.4, 0.5) is 0 Å². The Bertz CT molecular complexity index is 474. The van der Waals surface area contributed by atoms with Gasteiger partial charge in [0.1, 0.15) is 10.8 Å². The van der Waals surface area contributed by atoms with Gasteiger partial charge in [0.2, 0.25) is 0 Å². The molecule has 1 heterocycles. The lowest BCUT2D eigenvalue weighted by Crippen LogP contribution is -2.37. The summed E-state index contributed by atoms with van der Waals surface area (Å²) in [6.45, 7) is 9.10. The van der Waals surface area contributed by atoms with Gasteiger partial charge in [-0.3, -0.25) is 0 Å². The van der Waals surface area contributed by atoms with Crippen molar-refractivity contribution in [3.05, 3.63) is 22.2 Å². The number of aryl methyl sites for hydroxylation is 1. The molecule has 1 fully saturated rings. The highest BCUT2D eigenvalue weighted by Crippen LogP contribution is 2.42. The van der Waals surface area contributed by atoms with Crippen LogP contribution in [0.1, 0.15) is 63.5 Å². The summed E-state index contributed by atoms with van der Waals surface area (Å²) in [7, 11) is 0.